The highest BCUT2D eigenvalue weighted by atomic mass is 16.6. The van der Waals surface area contributed by atoms with E-state index in [2.05, 4.69) is 31.9 Å². The van der Waals surface area contributed by atoms with Crippen molar-refractivity contribution in [2.24, 2.45) is 0 Å². The Morgan fingerprint density at radius 3 is 2.58 bits per heavy atom. The van der Waals surface area contributed by atoms with Crippen molar-refractivity contribution in [3.05, 3.63) is 24.5 Å². The van der Waals surface area contributed by atoms with Crippen LogP contribution in [0.25, 0.3) is 10.9 Å². The summed E-state index contributed by atoms with van der Waals surface area (Å²) in [5, 5.41) is 11.7. The molecule has 1 atom stereocenters. The van der Waals surface area contributed by atoms with E-state index in [-0.39, 0.29) is 6.10 Å². The van der Waals surface area contributed by atoms with E-state index < -0.39 is 5.60 Å². The summed E-state index contributed by atoms with van der Waals surface area (Å²) in [6.07, 6.45) is 2.49. The van der Waals surface area contributed by atoms with E-state index in [4.69, 9.17) is 18.9 Å². The second kappa shape index (κ2) is 9.22. The second-order valence-electron chi connectivity index (χ2n) is 8.58. The molecule has 5 rings (SSSR count). The lowest BCUT2D eigenvalue weighted by atomic mass is 10.1. The minimum absolute atomic E-state index is 0.0491. The van der Waals surface area contributed by atoms with Crippen LogP contribution in [0.3, 0.4) is 0 Å². The van der Waals surface area contributed by atoms with Crippen LogP contribution in [0.5, 0.6) is 5.88 Å². The second-order valence-corrected chi connectivity index (χ2v) is 8.58. The molecule has 2 aromatic rings. The number of hydrogen-bond acceptors (Lipinski definition) is 9. The molecule has 0 saturated carbocycles. The molecule has 3 saturated heterocycles. The monoisotopic (exact) mass is 430 g/mol. The van der Waals surface area contributed by atoms with E-state index in [0.29, 0.717) is 45.5 Å². The zero-order valence-electron chi connectivity index (χ0n) is 17.7. The fraction of sp³-hybridized carbons (Fsp3) is 0.636. The summed E-state index contributed by atoms with van der Waals surface area (Å²) in [6.45, 7) is 7.14. The number of hydrogen-bond donors (Lipinski definition) is 1. The molecule has 4 heterocycles. The van der Waals surface area contributed by atoms with E-state index in [1.54, 1.807) is 6.33 Å². The summed E-state index contributed by atoms with van der Waals surface area (Å²) in [5.74, 6) is 0.622. The number of benzene rings is 1. The molecule has 0 amide bonds. The predicted octanol–water partition coefficient (Wildman–Crippen LogP) is 0.697. The fourth-order valence-electron chi connectivity index (χ4n) is 4.43. The van der Waals surface area contributed by atoms with Crippen molar-refractivity contribution < 1.29 is 24.1 Å². The first kappa shape index (κ1) is 20.8. The summed E-state index contributed by atoms with van der Waals surface area (Å²) >= 11 is 0. The molecule has 1 aromatic heterocycles. The summed E-state index contributed by atoms with van der Waals surface area (Å²) in [6, 6.07) is 6.25. The van der Waals surface area contributed by atoms with Crippen molar-refractivity contribution in [2.75, 3.05) is 77.3 Å². The molecule has 9 heteroatoms. The van der Waals surface area contributed by atoms with Crippen LogP contribution in [0.2, 0.25) is 0 Å². The third kappa shape index (κ3) is 4.91. The Morgan fingerprint density at radius 2 is 1.84 bits per heavy atom. The smallest absolute Gasteiger partial charge is 0.224 e. The number of aliphatic hydroxyl groups is 1. The van der Waals surface area contributed by atoms with Gasteiger partial charge >= 0.3 is 0 Å². The molecule has 0 radical (unpaired) electrons. The first-order valence-corrected chi connectivity index (χ1v) is 11.0. The molecule has 9 nitrogen and oxygen atoms in total. The largest absolute Gasteiger partial charge is 0.471 e. The average molecular weight is 431 g/mol. The number of anilines is 1. The van der Waals surface area contributed by atoms with E-state index in [1.807, 2.05) is 6.07 Å². The maximum absolute atomic E-state index is 10.8. The Morgan fingerprint density at radius 1 is 1.03 bits per heavy atom. The summed E-state index contributed by atoms with van der Waals surface area (Å²) in [4.78, 5) is 13.4. The quantitative estimate of drug-likeness (QED) is 0.736. The van der Waals surface area contributed by atoms with Crippen molar-refractivity contribution in [3.63, 3.8) is 0 Å². The Labute approximate surface area is 181 Å². The number of piperazine rings is 1. The van der Waals surface area contributed by atoms with E-state index in [9.17, 15) is 5.11 Å². The van der Waals surface area contributed by atoms with Gasteiger partial charge in [0.05, 0.1) is 50.5 Å². The van der Waals surface area contributed by atoms with Gasteiger partial charge in [-0.3, -0.25) is 4.90 Å². The van der Waals surface area contributed by atoms with Gasteiger partial charge in [0.15, 0.2) is 0 Å². The van der Waals surface area contributed by atoms with E-state index in [1.165, 1.54) is 0 Å². The molecule has 31 heavy (non-hydrogen) atoms. The minimum Gasteiger partial charge on any atom is -0.471 e. The van der Waals surface area contributed by atoms with Crippen molar-refractivity contribution in [3.8, 4) is 5.88 Å². The zero-order chi connectivity index (χ0) is 21.1. The van der Waals surface area contributed by atoms with Gasteiger partial charge in [-0.05, 0) is 18.2 Å². The van der Waals surface area contributed by atoms with Crippen molar-refractivity contribution in [2.45, 2.75) is 18.1 Å². The van der Waals surface area contributed by atoms with Gasteiger partial charge in [0, 0.05) is 44.8 Å². The third-order valence-electron chi connectivity index (χ3n) is 6.12. The number of rotatable bonds is 5. The van der Waals surface area contributed by atoms with Gasteiger partial charge in [-0.2, -0.15) is 0 Å². The van der Waals surface area contributed by atoms with Crippen LogP contribution in [0.4, 0.5) is 5.69 Å². The maximum atomic E-state index is 10.8. The standard InChI is InChI=1S/C22H30N4O5/c27-22(14-29-9-10-30-15-22)13-25-4-6-26(7-5-25)17-1-2-20-19(11-17)21(24-16-23-20)31-18-3-8-28-12-18/h1-2,11,16,18,27H,3-10,12-15H2. The van der Waals surface area contributed by atoms with Crippen LogP contribution in [-0.4, -0.2) is 104 Å². The summed E-state index contributed by atoms with van der Waals surface area (Å²) < 4.78 is 22.5. The summed E-state index contributed by atoms with van der Waals surface area (Å²) in [5.41, 5.74) is 1.08. The van der Waals surface area contributed by atoms with Gasteiger partial charge in [0.1, 0.15) is 18.0 Å². The van der Waals surface area contributed by atoms with Gasteiger partial charge in [0.25, 0.3) is 0 Å². The molecule has 3 fully saturated rings. The van der Waals surface area contributed by atoms with Crippen molar-refractivity contribution in [1.29, 1.82) is 0 Å². The van der Waals surface area contributed by atoms with Crippen LogP contribution in [-0.2, 0) is 14.2 Å². The Hall–Kier alpha value is -2.04. The van der Waals surface area contributed by atoms with Gasteiger partial charge in [0.2, 0.25) is 5.88 Å². The lowest BCUT2D eigenvalue weighted by molar-refractivity contribution is -0.0746. The molecular weight excluding hydrogens is 400 g/mol. The lowest BCUT2D eigenvalue weighted by Crippen LogP contribution is -2.54. The minimum atomic E-state index is -0.935. The van der Waals surface area contributed by atoms with Crippen molar-refractivity contribution in [1.82, 2.24) is 14.9 Å². The molecule has 1 unspecified atom stereocenters. The fourth-order valence-corrected chi connectivity index (χ4v) is 4.43. The van der Waals surface area contributed by atoms with Crippen LogP contribution < -0.4 is 9.64 Å². The van der Waals surface area contributed by atoms with Gasteiger partial charge < -0.3 is 29.0 Å². The van der Waals surface area contributed by atoms with Crippen LogP contribution >= 0.6 is 0 Å². The SMILES string of the molecule is OC1(CN2CCN(c3ccc4ncnc(OC5CCOC5)c4c3)CC2)COCCOC1. The molecule has 3 aliphatic rings. The molecule has 3 aliphatic heterocycles. The normalized spacial score (nSPS) is 24.9. The van der Waals surface area contributed by atoms with E-state index in [0.717, 1.165) is 55.8 Å². The first-order chi connectivity index (χ1) is 15.2. The lowest BCUT2D eigenvalue weighted by Gasteiger charge is -2.39. The first-order valence-electron chi connectivity index (χ1n) is 11.0. The number of fused-ring (bicyclic) bond motifs is 1. The number of nitrogens with zero attached hydrogens (tertiary/aromatic N) is 4. The average Bonchev–Trinajstić information content (AvgIpc) is 3.21. The Balaban J connectivity index is 1.25. The zero-order valence-corrected chi connectivity index (χ0v) is 17.7. The molecule has 0 spiro atoms. The summed E-state index contributed by atoms with van der Waals surface area (Å²) in [7, 11) is 0. The molecule has 168 valence electrons. The van der Waals surface area contributed by atoms with Gasteiger partial charge in [-0.1, -0.05) is 0 Å². The Bertz CT molecular complexity index is 875. The molecule has 1 aromatic carbocycles. The highest BCUT2D eigenvalue weighted by molar-refractivity contribution is 5.86. The van der Waals surface area contributed by atoms with Gasteiger partial charge in [-0.15, -0.1) is 0 Å². The number of β-amino-alcohol motifs (C(OH)–C–C–N with tert-alkyl or cyclic N) is 1. The number of ether oxygens (including phenoxy) is 4. The Kier molecular flexibility index (Phi) is 6.20. The molecular formula is C22H30N4O5. The van der Waals surface area contributed by atoms with Crippen LogP contribution in [0.1, 0.15) is 6.42 Å². The third-order valence-corrected chi connectivity index (χ3v) is 6.12. The van der Waals surface area contributed by atoms with Crippen LogP contribution in [0, 0.1) is 0 Å². The van der Waals surface area contributed by atoms with E-state index >= 15 is 0 Å². The van der Waals surface area contributed by atoms with Gasteiger partial charge in [-0.25, -0.2) is 9.97 Å². The number of aromatic nitrogens is 2. The highest BCUT2D eigenvalue weighted by Crippen LogP contribution is 2.29. The topological polar surface area (TPSA) is 89.4 Å². The maximum Gasteiger partial charge on any atom is 0.224 e. The van der Waals surface area contributed by atoms with Crippen molar-refractivity contribution >= 4 is 16.6 Å². The predicted molar refractivity (Wildman–Crippen MR) is 115 cm³/mol. The highest BCUT2D eigenvalue weighted by Gasteiger charge is 2.33. The molecule has 0 bridgehead atoms. The molecule has 1 N–H and O–H groups in total. The van der Waals surface area contributed by atoms with Crippen LogP contribution in [0.15, 0.2) is 24.5 Å². The molecule has 0 aliphatic carbocycles.